The molecule has 1 heterocycles. The van der Waals surface area contributed by atoms with E-state index in [9.17, 15) is 14.4 Å². The van der Waals surface area contributed by atoms with Gasteiger partial charge in [0.15, 0.2) is 18.1 Å². The Hall–Kier alpha value is -3.52. The molecule has 0 radical (unpaired) electrons. The molecule has 1 N–H and O–H groups in total. The van der Waals surface area contributed by atoms with Crippen molar-refractivity contribution in [1.82, 2.24) is 0 Å². The van der Waals surface area contributed by atoms with E-state index < -0.39 is 23.6 Å². The van der Waals surface area contributed by atoms with Crippen molar-refractivity contribution in [3.8, 4) is 11.5 Å². The van der Waals surface area contributed by atoms with Crippen molar-refractivity contribution in [1.29, 1.82) is 0 Å². The third kappa shape index (κ3) is 5.79. The van der Waals surface area contributed by atoms with Gasteiger partial charge < -0.3 is 24.3 Å². The molecular formula is C23H22ClNO7. The number of ether oxygens (including phenoxy) is 4. The van der Waals surface area contributed by atoms with Gasteiger partial charge in [0, 0.05) is 13.8 Å². The second kappa shape index (κ2) is 9.74. The highest BCUT2D eigenvalue weighted by Gasteiger charge is 2.38. The molecule has 1 amide bonds. The lowest BCUT2D eigenvalue weighted by Gasteiger charge is -2.29. The van der Waals surface area contributed by atoms with Gasteiger partial charge in [0.05, 0.1) is 17.3 Å². The van der Waals surface area contributed by atoms with Crippen molar-refractivity contribution in [2.75, 3.05) is 18.5 Å². The molecular weight excluding hydrogens is 438 g/mol. The first-order valence-corrected chi connectivity index (χ1v) is 10.2. The molecule has 3 rings (SSSR count). The van der Waals surface area contributed by atoms with E-state index >= 15 is 0 Å². The fourth-order valence-electron chi connectivity index (χ4n) is 2.84. The molecule has 1 fully saturated rings. The summed E-state index contributed by atoms with van der Waals surface area (Å²) in [5.41, 5.74) is 0.730. The van der Waals surface area contributed by atoms with E-state index in [0.29, 0.717) is 34.4 Å². The molecule has 2 aromatic carbocycles. The first-order chi connectivity index (χ1) is 15.2. The van der Waals surface area contributed by atoms with Crippen LogP contribution in [0.3, 0.4) is 0 Å². The van der Waals surface area contributed by atoms with Crippen LogP contribution in [0.25, 0.3) is 6.08 Å². The maximum absolute atomic E-state index is 12.2. The summed E-state index contributed by atoms with van der Waals surface area (Å²) in [6.45, 7) is 4.79. The molecule has 168 valence electrons. The maximum atomic E-state index is 12.2. The van der Waals surface area contributed by atoms with Crippen molar-refractivity contribution in [3.63, 3.8) is 0 Å². The van der Waals surface area contributed by atoms with Gasteiger partial charge in [0.1, 0.15) is 5.57 Å². The molecule has 0 atom stereocenters. The number of halogens is 1. The number of para-hydroxylation sites is 1. The number of hydrogen-bond acceptors (Lipinski definition) is 7. The lowest BCUT2D eigenvalue weighted by atomic mass is 10.1. The van der Waals surface area contributed by atoms with E-state index in [0.717, 1.165) is 0 Å². The minimum Gasteiger partial charge on any atom is -0.490 e. The van der Waals surface area contributed by atoms with E-state index in [1.54, 1.807) is 49.4 Å². The highest BCUT2D eigenvalue weighted by atomic mass is 35.5. The minimum atomic E-state index is -1.32. The van der Waals surface area contributed by atoms with Crippen LogP contribution in [-0.2, 0) is 23.9 Å². The summed E-state index contributed by atoms with van der Waals surface area (Å²) in [6.07, 6.45) is 1.34. The van der Waals surface area contributed by atoms with E-state index in [1.165, 1.54) is 19.9 Å². The summed E-state index contributed by atoms with van der Waals surface area (Å²) in [4.78, 5) is 36.5. The van der Waals surface area contributed by atoms with Gasteiger partial charge in [0.25, 0.3) is 11.7 Å². The van der Waals surface area contributed by atoms with Crippen LogP contribution in [0.1, 0.15) is 26.3 Å². The number of amides is 1. The van der Waals surface area contributed by atoms with Crippen LogP contribution in [0, 0.1) is 0 Å². The number of nitrogens with one attached hydrogen (secondary N) is 1. The van der Waals surface area contributed by atoms with Gasteiger partial charge >= 0.3 is 11.9 Å². The predicted molar refractivity (Wildman–Crippen MR) is 117 cm³/mol. The number of carbonyl (C=O) groups excluding carboxylic acids is 3. The van der Waals surface area contributed by atoms with Gasteiger partial charge in [0.2, 0.25) is 0 Å². The Morgan fingerprint density at radius 3 is 2.41 bits per heavy atom. The van der Waals surface area contributed by atoms with Crippen LogP contribution in [0.2, 0.25) is 5.02 Å². The summed E-state index contributed by atoms with van der Waals surface area (Å²) in [7, 11) is 0. The number of carbonyl (C=O) groups is 3. The zero-order valence-corrected chi connectivity index (χ0v) is 18.5. The average molecular weight is 460 g/mol. The highest BCUT2D eigenvalue weighted by molar-refractivity contribution is 6.33. The zero-order chi connectivity index (χ0) is 23.3. The third-order valence-corrected chi connectivity index (χ3v) is 4.53. The first-order valence-electron chi connectivity index (χ1n) is 9.81. The number of benzene rings is 2. The van der Waals surface area contributed by atoms with Gasteiger partial charge in [-0.05, 0) is 42.8 Å². The van der Waals surface area contributed by atoms with Crippen LogP contribution < -0.4 is 14.8 Å². The molecule has 1 aliphatic heterocycles. The van der Waals surface area contributed by atoms with E-state index in [-0.39, 0.29) is 12.2 Å². The molecule has 0 saturated carbocycles. The summed E-state index contributed by atoms with van der Waals surface area (Å²) in [6, 6.07) is 11.6. The van der Waals surface area contributed by atoms with E-state index in [1.807, 2.05) is 0 Å². The highest BCUT2D eigenvalue weighted by Crippen LogP contribution is 2.31. The predicted octanol–water partition coefficient (Wildman–Crippen LogP) is 3.98. The van der Waals surface area contributed by atoms with Crippen molar-refractivity contribution < 1.29 is 33.3 Å². The number of esters is 2. The van der Waals surface area contributed by atoms with Gasteiger partial charge in [-0.3, -0.25) is 4.79 Å². The average Bonchev–Trinajstić information content (AvgIpc) is 2.71. The largest absolute Gasteiger partial charge is 0.490 e. The molecule has 0 spiro atoms. The number of hydrogen-bond donors (Lipinski definition) is 1. The number of anilines is 1. The second-order valence-corrected chi connectivity index (χ2v) is 7.60. The first kappa shape index (κ1) is 23.1. The van der Waals surface area contributed by atoms with Crippen molar-refractivity contribution in [2.24, 2.45) is 0 Å². The molecule has 1 saturated heterocycles. The number of cyclic esters (lactones) is 2. The minimum absolute atomic E-state index is 0.237. The van der Waals surface area contributed by atoms with Crippen LogP contribution in [0.15, 0.2) is 48.0 Å². The Morgan fingerprint density at radius 1 is 1.06 bits per heavy atom. The van der Waals surface area contributed by atoms with E-state index in [4.69, 9.17) is 30.5 Å². The third-order valence-electron chi connectivity index (χ3n) is 4.20. The fourth-order valence-corrected chi connectivity index (χ4v) is 3.02. The summed E-state index contributed by atoms with van der Waals surface area (Å²) < 4.78 is 21.4. The summed E-state index contributed by atoms with van der Waals surface area (Å²) in [5, 5.41) is 3.08. The SMILES string of the molecule is CCOc1cc(C=C2C(=O)OC(C)(C)OC2=O)ccc1OCC(=O)Nc1ccccc1Cl. The molecule has 8 nitrogen and oxygen atoms in total. The Labute approximate surface area is 190 Å². The smallest absolute Gasteiger partial charge is 0.348 e. The molecule has 32 heavy (non-hydrogen) atoms. The van der Waals surface area contributed by atoms with Crippen LogP contribution >= 0.6 is 11.6 Å². The van der Waals surface area contributed by atoms with Gasteiger partial charge in [-0.15, -0.1) is 0 Å². The summed E-state index contributed by atoms with van der Waals surface area (Å²) in [5.74, 6) is -2.61. The van der Waals surface area contributed by atoms with Crippen LogP contribution in [0.5, 0.6) is 11.5 Å². The van der Waals surface area contributed by atoms with Gasteiger partial charge in [-0.1, -0.05) is 29.8 Å². The Morgan fingerprint density at radius 2 is 1.75 bits per heavy atom. The van der Waals surface area contributed by atoms with Gasteiger partial charge in [-0.2, -0.15) is 0 Å². The normalized spacial score (nSPS) is 14.8. The topological polar surface area (TPSA) is 100 Å². The van der Waals surface area contributed by atoms with Crippen LogP contribution in [-0.4, -0.2) is 36.8 Å². The fraction of sp³-hybridized carbons (Fsp3) is 0.261. The summed E-state index contributed by atoms with van der Waals surface area (Å²) >= 11 is 6.04. The molecule has 0 bridgehead atoms. The molecule has 1 aliphatic rings. The molecule has 2 aromatic rings. The molecule has 0 unspecified atom stereocenters. The number of rotatable bonds is 7. The van der Waals surface area contributed by atoms with E-state index in [2.05, 4.69) is 5.32 Å². The van der Waals surface area contributed by atoms with Crippen molar-refractivity contribution in [3.05, 3.63) is 58.6 Å². The quantitative estimate of drug-likeness (QED) is 0.379. The Kier molecular flexibility index (Phi) is 7.05. The van der Waals surface area contributed by atoms with Gasteiger partial charge in [-0.25, -0.2) is 9.59 Å². The lowest BCUT2D eigenvalue weighted by molar-refractivity contribution is -0.222. The monoisotopic (exact) mass is 459 g/mol. The Bertz CT molecular complexity index is 1060. The molecule has 0 aliphatic carbocycles. The standard InChI is InChI=1S/C23H22ClNO7/c1-4-29-19-12-14(11-15-21(27)31-23(2,3)32-22(15)28)9-10-18(19)30-13-20(26)25-17-8-6-5-7-16(17)24/h5-12H,4,13H2,1-3H3,(H,25,26). The van der Waals surface area contributed by atoms with Crippen molar-refractivity contribution in [2.45, 2.75) is 26.6 Å². The second-order valence-electron chi connectivity index (χ2n) is 7.19. The van der Waals surface area contributed by atoms with Crippen molar-refractivity contribution >= 4 is 41.2 Å². The zero-order valence-electron chi connectivity index (χ0n) is 17.8. The molecule has 9 heteroatoms. The molecule has 0 aromatic heterocycles. The maximum Gasteiger partial charge on any atom is 0.348 e. The Balaban J connectivity index is 1.73. The lowest BCUT2D eigenvalue weighted by Crippen LogP contribution is -2.41. The van der Waals surface area contributed by atoms with Crippen LogP contribution in [0.4, 0.5) is 5.69 Å².